The highest BCUT2D eigenvalue weighted by Crippen LogP contribution is 2.16. The van der Waals surface area contributed by atoms with Crippen LogP contribution in [0.15, 0.2) is 12.4 Å². The average molecular weight is 224 g/mol. The minimum atomic E-state index is -0.681. The summed E-state index contributed by atoms with van der Waals surface area (Å²) in [6, 6.07) is -0.681. The van der Waals surface area contributed by atoms with Crippen LogP contribution >= 0.6 is 0 Å². The van der Waals surface area contributed by atoms with Gasteiger partial charge in [0.05, 0.1) is 12.3 Å². The first-order chi connectivity index (χ1) is 7.58. The second kappa shape index (κ2) is 4.23. The quantitative estimate of drug-likeness (QED) is 0.675. The van der Waals surface area contributed by atoms with Crippen LogP contribution in [0.5, 0.6) is 0 Å². The van der Waals surface area contributed by atoms with Gasteiger partial charge in [-0.05, 0) is 6.42 Å². The number of aromatic nitrogens is 2. The van der Waals surface area contributed by atoms with Gasteiger partial charge in [-0.3, -0.25) is 9.48 Å². The van der Waals surface area contributed by atoms with Crippen molar-refractivity contribution in [1.29, 1.82) is 0 Å². The largest absolute Gasteiger partial charge is 0.391 e. The Morgan fingerprint density at radius 3 is 3.00 bits per heavy atom. The third-order valence-corrected chi connectivity index (χ3v) is 2.83. The maximum absolute atomic E-state index is 12.0. The van der Waals surface area contributed by atoms with Gasteiger partial charge in [-0.1, -0.05) is 0 Å². The molecule has 2 heterocycles. The first-order valence-electron chi connectivity index (χ1n) is 5.29. The summed E-state index contributed by atoms with van der Waals surface area (Å²) in [5.41, 5.74) is 6.55. The predicted molar refractivity (Wildman–Crippen MR) is 57.3 cm³/mol. The molecule has 16 heavy (non-hydrogen) atoms. The van der Waals surface area contributed by atoms with Crippen LogP contribution in [0.2, 0.25) is 0 Å². The fraction of sp³-hybridized carbons (Fsp3) is 0.600. The third-order valence-electron chi connectivity index (χ3n) is 2.83. The number of hydrogen-bond donors (Lipinski definition) is 2. The van der Waals surface area contributed by atoms with Gasteiger partial charge in [0.25, 0.3) is 0 Å². The maximum Gasteiger partial charge on any atom is 0.244 e. The third kappa shape index (κ3) is 2.07. The van der Waals surface area contributed by atoms with Gasteiger partial charge in [-0.2, -0.15) is 5.10 Å². The molecular weight excluding hydrogens is 208 g/mol. The Kier molecular flexibility index (Phi) is 2.93. The zero-order valence-corrected chi connectivity index (χ0v) is 9.21. The van der Waals surface area contributed by atoms with Crippen LogP contribution < -0.4 is 5.73 Å². The number of carbonyl (C=O) groups is 1. The van der Waals surface area contributed by atoms with Crippen LogP contribution in [0.25, 0.3) is 0 Å². The van der Waals surface area contributed by atoms with Crippen LogP contribution in [0.3, 0.4) is 0 Å². The summed E-state index contributed by atoms with van der Waals surface area (Å²) < 4.78 is 1.61. The average Bonchev–Trinajstić information content (AvgIpc) is 2.85. The van der Waals surface area contributed by atoms with E-state index in [0.717, 1.165) is 0 Å². The highest BCUT2D eigenvalue weighted by molar-refractivity contribution is 5.83. The Morgan fingerprint density at radius 1 is 1.75 bits per heavy atom. The number of aliphatic hydroxyl groups is 1. The summed E-state index contributed by atoms with van der Waals surface area (Å²) in [5.74, 6) is -0.149. The number of aliphatic hydroxyl groups excluding tert-OH is 1. The van der Waals surface area contributed by atoms with Crippen LogP contribution in [0, 0.1) is 0 Å². The highest BCUT2D eigenvalue weighted by atomic mass is 16.3. The number of nitrogens with zero attached hydrogens (tertiary/aromatic N) is 3. The molecule has 1 amide bonds. The lowest BCUT2D eigenvalue weighted by atomic mass is 10.1. The second-order valence-electron chi connectivity index (χ2n) is 4.15. The molecule has 1 aliphatic heterocycles. The van der Waals surface area contributed by atoms with Crippen molar-refractivity contribution in [2.24, 2.45) is 12.8 Å². The molecule has 2 rings (SSSR count). The molecular formula is C10H16N4O2. The van der Waals surface area contributed by atoms with E-state index in [1.807, 2.05) is 0 Å². The minimum Gasteiger partial charge on any atom is -0.391 e. The molecule has 0 aliphatic carbocycles. The first kappa shape index (κ1) is 11.1. The van der Waals surface area contributed by atoms with Crippen LogP contribution in [0.4, 0.5) is 0 Å². The fourth-order valence-electron chi connectivity index (χ4n) is 1.88. The smallest absolute Gasteiger partial charge is 0.244 e. The van der Waals surface area contributed by atoms with Gasteiger partial charge in [0.2, 0.25) is 5.91 Å². The minimum absolute atomic E-state index is 0.149. The van der Waals surface area contributed by atoms with Crippen LogP contribution in [-0.2, 0) is 11.8 Å². The molecule has 0 aromatic carbocycles. The number of likely N-dealkylation sites (tertiary alicyclic amines) is 1. The Bertz CT molecular complexity index is 390. The number of amides is 1. The number of β-amino-alcohol motifs (C(OH)–C–C–N with tert-alkyl or cyclic N) is 1. The van der Waals surface area contributed by atoms with E-state index < -0.39 is 12.1 Å². The summed E-state index contributed by atoms with van der Waals surface area (Å²) in [4.78, 5) is 13.6. The molecule has 2 atom stereocenters. The molecule has 0 spiro atoms. The van der Waals surface area contributed by atoms with Crippen molar-refractivity contribution in [2.45, 2.75) is 18.6 Å². The van der Waals surface area contributed by atoms with Crippen molar-refractivity contribution in [2.75, 3.05) is 13.1 Å². The van der Waals surface area contributed by atoms with Crippen molar-refractivity contribution in [3.63, 3.8) is 0 Å². The summed E-state index contributed by atoms with van der Waals surface area (Å²) in [6.45, 7) is 0.959. The van der Waals surface area contributed by atoms with Crippen LogP contribution in [0.1, 0.15) is 18.0 Å². The van der Waals surface area contributed by atoms with Crippen molar-refractivity contribution in [1.82, 2.24) is 14.7 Å². The van der Waals surface area contributed by atoms with E-state index in [4.69, 9.17) is 5.73 Å². The second-order valence-corrected chi connectivity index (χ2v) is 4.15. The Hall–Kier alpha value is -1.40. The molecule has 3 N–H and O–H groups in total. The van der Waals surface area contributed by atoms with Gasteiger partial charge in [0.15, 0.2) is 0 Å². The van der Waals surface area contributed by atoms with Crippen molar-refractivity contribution in [3.05, 3.63) is 18.0 Å². The molecule has 0 radical (unpaired) electrons. The van der Waals surface area contributed by atoms with E-state index in [-0.39, 0.29) is 5.91 Å². The molecule has 2 unspecified atom stereocenters. The lowest BCUT2D eigenvalue weighted by Gasteiger charge is -2.19. The number of rotatable bonds is 2. The topological polar surface area (TPSA) is 84.4 Å². The van der Waals surface area contributed by atoms with Crippen molar-refractivity contribution >= 4 is 5.91 Å². The number of hydrogen-bond acceptors (Lipinski definition) is 4. The van der Waals surface area contributed by atoms with Crippen molar-refractivity contribution in [3.8, 4) is 0 Å². The summed E-state index contributed by atoms with van der Waals surface area (Å²) >= 11 is 0. The molecule has 1 aromatic heterocycles. The number of carbonyl (C=O) groups excluding carboxylic acids is 1. The van der Waals surface area contributed by atoms with Gasteiger partial charge in [-0.15, -0.1) is 0 Å². The zero-order chi connectivity index (χ0) is 11.7. The van der Waals surface area contributed by atoms with Crippen LogP contribution in [-0.4, -0.2) is 44.9 Å². The Balaban J connectivity index is 2.04. The van der Waals surface area contributed by atoms with Gasteiger partial charge in [-0.25, -0.2) is 0 Å². The summed E-state index contributed by atoms with van der Waals surface area (Å²) in [7, 11) is 1.78. The molecule has 88 valence electrons. The van der Waals surface area contributed by atoms with Gasteiger partial charge < -0.3 is 15.7 Å². The Labute approximate surface area is 93.6 Å². The number of nitrogens with two attached hydrogens (primary N) is 1. The fourth-order valence-corrected chi connectivity index (χ4v) is 1.88. The molecule has 1 aromatic rings. The van der Waals surface area contributed by atoms with Crippen molar-refractivity contribution < 1.29 is 9.90 Å². The van der Waals surface area contributed by atoms with E-state index in [1.165, 1.54) is 0 Å². The zero-order valence-electron chi connectivity index (χ0n) is 9.21. The van der Waals surface area contributed by atoms with E-state index in [1.54, 1.807) is 29.0 Å². The normalized spacial score (nSPS) is 22.4. The predicted octanol–water partition coefficient (Wildman–Crippen LogP) is -0.987. The maximum atomic E-state index is 12.0. The lowest BCUT2D eigenvalue weighted by Crippen LogP contribution is -2.37. The van der Waals surface area contributed by atoms with E-state index in [2.05, 4.69) is 5.10 Å². The Morgan fingerprint density at radius 2 is 2.50 bits per heavy atom. The molecule has 0 bridgehead atoms. The molecule has 0 saturated carbocycles. The molecule has 1 fully saturated rings. The highest BCUT2D eigenvalue weighted by Gasteiger charge is 2.29. The molecule has 6 nitrogen and oxygen atoms in total. The van der Waals surface area contributed by atoms with Gasteiger partial charge >= 0.3 is 0 Å². The van der Waals surface area contributed by atoms with Gasteiger partial charge in [0, 0.05) is 31.9 Å². The van der Waals surface area contributed by atoms with E-state index in [9.17, 15) is 9.90 Å². The lowest BCUT2D eigenvalue weighted by molar-refractivity contribution is -0.132. The molecule has 6 heteroatoms. The summed E-state index contributed by atoms with van der Waals surface area (Å²) in [6.07, 6.45) is 3.54. The molecule has 1 aliphatic rings. The van der Waals surface area contributed by atoms with E-state index >= 15 is 0 Å². The monoisotopic (exact) mass is 224 g/mol. The SMILES string of the molecule is Cn1cc(C(N)C(=O)N2CCC(O)C2)cn1. The first-order valence-corrected chi connectivity index (χ1v) is 5.29. The number of aryl methyl sites for hydroxylation is 1. The van der Waals surface area contributed by atoms with E-state index in [0.29, 0.717) is 25.1 Å². The summed E-state index contributed by atoms with van der Waals surface area (Å²) in [5, 5.41) is 13.3. The van der Waals surface area contributed by atoms with Gasteiger partial charge in [0.1, 0.15) is 6.04 Å². The molecule has 1 saturated heterocycles. The standard InChI is InChI=1S/C10H16N4O2/c1-13-5-7(4-12-13)9(11)10(16)14-3-2-8(15)6-14/h4-5,8-9,15H,2-3,6,11H2,1H3.